The van der Waals surface area contributed by atoms with Gasteiger partial charge in [-0.3, -0.25) is 4.79 Å². The number of carboxylic acid groups (broad SMARTS) is 1. The maximum Gasteiger partial charge on any atom is 0.410 e. The van der Waals surface area contributed by atoms with E-state index >= 15 is 0 Å². The summed E-state index contributed by atoms with van der Waals surface area (Å²) in [4.78, 5) is 24.8. The topological polar surface area (TPSA) is 78.9 Å². The van der Waals surface area contributed by atoms with E-state index in [4.69, 9.17) is 9.84 Å². The van der Waals surface area contributed by atoms with Crippen LogP contribution in [0.2, 0.25) is 0 Å². The first-order valence-electron chi connectivity index (χ1n) is 7.69. The van der Waals surface area contributed by atoms with Crippen LogP contribution in [0.3, 0.4) is 0 Å². The van der Waals surface area contributed by atoms with Gasteiger partial charge in [0.15, 0.2) is 0 Å². The van der Waals surface area contributed by atoms with Gasteiger partial charge in [0.2, 0.25) is 0 Å². The first-order valence-corrected chi connectivity index (χ1v) is 7.69. The molecule has 1 amide bonds. The zero-order valence-corrected chi connectivity index (χ0v) is 13.5. The second-order valence-corrected chi connectivity index (χ2v) is 6.50. The number of carbonyl (C=O) groups excluding carboxylic acids is 1. The monoisotopic (exact) mass is 300 g/mol. The van der Waals surface area contributed by atoms with Gasteiger partial charge in [0, 0.05) is 12.6 Å². The van der Waals surface area contributed by atoms with Gasteiger partial charge in [-0.15, -0.1) is 0 Å². The molecule has 1 rings (SSSR count). The number of nitrogens with zero attached hydrogens (tertiary/aromatic N) is 1. The molecule has 0 aromatic heterocycles. The number of carbonyl (C=O) groups is 2. The minimum absolute atomic E-state index is 0.00190. The van der Waals surface area contributed by atoms with E-state index in [2.05, 4.69) is 5.32 Å². The molecule has 0 aliphatic heterocycles. The van der Waals surface area contributed by atoms with Gasteiger partial charge in [-0.25, -0.2) is 4.79 Å². The molecule has 0 spiro atoms. The summed E-state index contributed by atoms with van der Waals surface area (Å²) in [6.45, 7) is 7.95. The number of carboxylic acids is 1. The van der Waals surface area contributed by atoms with Crippen LogP contribution in [0.5, 0.6) is 0 Å². The minimum atomic E-state index is -0.875. The van der Waals surface area contributed by atoms with E-state index in [1.165, 1.54) is 0 Å². The van der Waals surface area contributed by atoms with E-state index in [0.717, 1.165) is 25.7 Å². The van der Waals surface area contributed by atoms with Crippen LogP contribution in [0.1, 0.15) is 53.4 Å². The SMILES string of the molecule is CCN(C(=O)OC(C)(C)C)[C@H]1CCCC[C@@H]1NCC(=O)O. The van der Waals surface area contributed by atoms with Gasteiger partial charge in [0.25, 0.3) is 0 Å². The molecule has 21 heavy (non-hydrogen) atoms. The average Bonchev–Trinajstić information content (AvgIpc) is 2.36. The summed E-state index contributed by atoms with van der Waals surface area (Å²) >= 11 is 0. The van der Waals surface area contributed by atoms with Crippen molar-refractivity contribution >= 4 is 12.1 Å². The number of hydrogen-bond donors (Lipinski definition) is 2. The molecule has 122 valence electrons. The summed E-state index contributed by atoms with van der Waals surface area (Å²) in [6, 6.07) is 0.0141. The summed E-state index contributed by atoms with van der Waals surface area (Å²) in [5, 5.41) is 11.9. The van der Waals surface area contributed by atoms with Crippen molar-refractivity contribution in [3.63, 3.8) is 0 Å². The Labute approximate surface area is 126 Å². The van der Waals surface area contributed by atoms with Crippen LogP contribution in [0.15, 0.2) is 0 Å². The second kappa shape index (κ2) is 7.64. The van der Waals surface area contributed by atoms with Gasteiger partial charge in [-0.1, -0.05) is 12.8 Å². The first-order chi connectivity index (χ1) is 9.74. The lowest BCUT2D eigenvalue weighted by molar-refractivity contribution is -0.136. The zero-order chi connectivity index (χ0) is 16.0. The van der Waals surface area contributed by atoms with Crippen molar-refractivity contribution in [3.8, 4) is 0 Å². The maximum absolute atomic E-state index is 12.3. The van der Waals surface area contributed by atoms with Crippen molar-refractivity contribution in [3.05, 3.63) is 0 Å². The quantitative estimate of drug-likeness (QED) is 0.814. The second-order valence-electron chi connectivity index (χ2n) is 6.50. The van der Waals surface area contributed by atoms with Crippen LogP contribution < -0.4 is 5.32 Å². The van der Waals surface area contributed by atoms with Gasteiger partial charge in [-0.05, 0) is 40.5 Å². The Hall–Kier alpha value is -1.30. The maximum atomic E-state index is 12.3. The van der Waals surface area contributed by atoms with Crippen molar-refractivity contribution in [2.24, 2.45) is 0 Å². The van der Waals surface area contributed by atoms with Crippen molar-refractivity contribution in [1.29, 1.82) is 0 Å². The standard InChI is InChI=1S/C15H28N2O4/c1-5-17(14(20)21-15(2,3)4)12-9-7-6-8-11(12)16-10-13(18)19/h11-12,16H,5-10H2,1-4H3,(H,18,19)/t11-,12-/m0/s1. The molecule has 0 aromatic rings. The molecular weight excluding hydrogens is 272 g/mol. The number of amides is 1. The molecule has 0 saturated heterocycles. The minimum Gasteiger partial charge on any atom is -0.480 e. The Morgan fingerprint density at radius 1 is 1.29 bits per heavy atom. The highest BCUT2D eigenvalue weighted by atomic mass is 16.6. The fourth-order valence-corrected chi connectivity index (χ4v) is 2.76. The number of rotatable bonds is 5. The highest BCUT2D eigenvalue weighted by molar-refractivity contribution is 5.69. The summed E-state index contributed by atoms with van der Waals surface area (Å²) in [5.41, 5.74) is -0.525. The molecule has 2 N–H and O–H groups in total. The highest BCUT2D eigenvalue weighted by Crippen LogP contribution is 2.25. The molecule has 0 unspecified atom stereocenters. The van der Waals surface area contributed by atoms with Gasteiger partial charge in [0.05, 0.1) is 12.6 Å². The predicted octanol–water partition coefficient (Wildman–Crippen LogP) is 2.23. The van der Waals surface area contributed by atoms with Crippen LogP contribution >= 0.6 is 0 Å². The third kappa shape index (κ3) is 5.91. The molecular formula is C15H28N2O4. The molecule has 0 radical (unpaired) electrons. The summed E-state index contributed by atoms with van der Waals surface area (Å²) in [5.74, 6) is -0.875. The summed E-state index contributed by atoms with van der Waals surface area (Å²) < 4.78 is 5.46. The van der Waals surface area contributed by atoms with Crippen molar-refractivity contribution in [1.82, 2.24) is 10.2 Å². The normalized spacial score (nSPS) is 22.7. The van der Waals surface area contributed by atoms with Crippen LogP contribution in [0, 0.1) is 0 Å². The molecule has 0 aromatic carbocycles. The highest BCUT2D eigenvalue weighted by Gasteiger charge is 2.34. The van der Waals surface area contributed by atoms with Crippen LogP contribution in [-0.4, -0.2) is 52.8 Å². The van der Waals surface area contributed by atoms with Crippen LogP contribution in [-0.2, 0) is 9.53 Å². The van der Waals surface area contributed by atoms with Gasteiger partial charge >= 0.3 is 12.1 Å². The van der Waals surface area contributed by atoms with E-state index in [-0.39, 0.29) is 24.7 Å². The fourth-order valence-electron chi connectivity index (χ4n) is 2.76. The lowest BCUT2D eigenvalue weighted by atomic mass is 9.89. The Bertz CT molecular complexity index is 365. The predicted molar refractivity (Wildman–Crippen MR) is 80.3 cm³/mol. The van der Waals surface area contributed by atoms with E-state index in [0.29, 0.717) is 6.54 Å². The Morgan fingerprint density at radius 3 is 2.43 bits per heavy atom. The zero-order valence-electron chi connectivity index (χ0n) is 13.5. The van der Waals surface area contributed by atoms with Gasteiger partial charge in [-0.2, -0.15) is 0 Å². The van der Waals surface area contributed by atoms with Crippen molar-refractivity contribution in [2.45, 2.75) is 71.1 Å². The smallest absolute Gasteiger partial charge is 0.410 e. The Morgan fingerprint density at radius 2 is 1.90 bits per heavy atom. The molecule has 0 heterocycles. The number of hydrogen-bond acceptors (Lipinski definition) is 4. The largest absolute Gasteiger partial charge is 0.480 e. The molecule has 1 saturated carbocycles. The van der Waals surface area contributed by atoms with E-state index in [1.54, 1.807) is 4.90 Å². The number of likely N-dealkylation sites (N-methyl/N-ethyl adjacent to an activating group) is 1. The molecule has 1 aliphatic rings. The fraction of sp³-hybridized carbons (Fsp3) is 0.867. The number of aliphatic carboxylic acids is 1. The molecule has 2 atom stereocenters. The van der Waals surface area contributed by atoms with Crippen molar-refractivity contribution in [2.75, 3.05) is 13.1 Å². The van der Waals surface area contributed by atoms with Crippen LogP contribution in [0.25, 0.3) is 0 Å². The third-order valence-corrected chi connectivity index (χ3v) is 3.61. The Balaban J connectivity index is 2.74. The number of ether oxygens (including phenoxy) is 1. The molecule has 1 aliphatic carbocycles. The lowest BCUT2D eigenvalue weighted by Crippen LogP contribution is -2.55. The van der Waals surface area contributed by atoms with Gasteiger partial charge in [0.1, 0.15) is 5.60 Å². The molecule has 0 bridgehead atoms. The Kier molecular flexibility index (Phi) is 6.45. The first kappa shape index (κ1) is 17.8. The molecule has 6 heteroatoms. The van der Waals surface area contributed by atoms with Gasteiger partial charge < -0.3 is 20.1 Å². The lowest BCUT2D eigenvalue weighted by Gasteiger charge is -2.40. The van der Waals surface area contributed by atoms with E-state index in [9.17, 15) is 9.59 Å². The van der Waals surface area contributed by atoms with Crippen molar-refractivity contribution < 1.29 is 19.4 Å². The third-order valence-electron chi connectivity index (χ3n) is 3.61. The summed E-state index contributed by atoms with van der Waals surface area (Å²) in [6.07, 6.45) is 3.55. The van der Waals surface area contributed by atoms with E-state index < -0.39 is 11.6 Å². The summed E-state index contributed by atoms with van der Waals surface area (Å²) in [7, 11) is 0. The molecule has 1 fully saturated rings. The number of nitrogens with one attached hydrogen (secondary N) is 1. The van der Waals surface area contributed by atoms with Crippen LogP contribution in [0.4, 0.5) is 4.79 Å². The van der Waals surface area contributed by atoms with E-state index in [1.807, 2.05) is 27.7 Å². The molecule has 6 nitrogen and oxygen atoms in total. The average molecular weight is 300 g/mol.